The van der Waals surface area contributed by atoms with Gasteiger partial charge in [0, 0.05) is 10.6 Å². The summed E-state index contributed by atoms with van der Waals surface area (Å²) in [5.41, 5.74) is 0.144. The summed E-state index contributed by atoms with van der Waals surface area (Å²) in [6, 6.07) is 12.1. The number of benzene rings is 3. The zero-order chi connectivity index (χ0) is 28.3. The minimum atomic E-state index is -1.49. The number of nitrogens with one attached hydrogen (secondary N) is 2. The number of rotatable bonds is 9. The molecule has 0 aliphatic heterocycles. The largest absolute Gasteiger partial charge is 0.494 e. The van der Waals surface area contributed by atoms with E-state index in [0.29, 0.717) is 17.4 Å². The molecule has 202 valence electrons. The lowest BCUT2D eigenvalue weighted by Crippen LogP contribution is -2.18. The van der Waals surface area contributed by atoms with Gasteiger partial charge in [-0.25, -0.2) is 9.78 Å². The van der Waals surface area contributed by atoms with Crippen molar-refractivity contribution >= 4 is 108 Å². The number of carbonyl (C=O) groups excluding carboxylic acids is 2. The molecule has 0 aliphatic rings. The summed E-state index contributed by atoms with van der Waals surface area (Å²) in [4.78, 5) is 42.2. The number of amides is 2. The van der Waals surface area contributed by atoms with Gasteiger partial charge in [0.15, 0.2) is 5.13 Å². The number of nitrogens with zero attached hydrogens (tertiary/aromatic N) is 1. The third-order valence-electron chi connectivity index (χ3n) is 5.11. The molecule has 0 atom stereocenters. The lowest BCUT2D eigenvalue weighted by molar-refractivity contribution is -0.113. The number of aromatic carboxylic acids is 1. The smallest absolute Gasteiger partial charge is 0.338 e. The molecule has 3 N–H and O–H groups in total. The van der Waals surface area contributed by atoms with Gasteiger partial charge in [0.2, 0.25) is 5.91 Å². The van der Waals surface area contributed by atoms with Crippen molar-refractivity contribution in [2.45, 2.75) is 11.8 Å². The van der Waals surface area contributed by atoms with Gasteiger partial charge in [-0.2, -0.15) is 0 Å². The van der Waals surface area contributed by atoms with Crippen LogP contribution in [-0.2, 0) is 4.79 Å². The van der Waals surface area contributed by atoms with E-state index in [9.17, 15) is 19.5 Å². The summed E-state index contributed by atoms with van der Waals surface area (Å²) in [6.45, 7) is 2.47. The van der Waals surface area contributed by atoms with Gasteiger partial charge < -0.3 is 20.5 Å². The van der Waals surface area contributed by atoms with Crippen LogP contribution in [-0.4, -0.2) is 40.2 Å². The van der Waals surface area contributed by atoms with Gasteiger partial charge in [-0.1, -0.05) is 57.7 Å². The quantitative estimate of drug-likeness (QED) is 0.0960. The van der Waals surface area contributed by atoms with Crippen LogP contribution in [0.4, 0.5) is 10.8 Å². The highest BCUT2D eigenvalue weighted by Crippen LogP contribution is 2.42. The van der Waals surface area contributed by atoms with E-state index in [1.54, 1.807) is 24.3 Å². The molecule has 0 saturated carbocycles. The van der Waals surface area contributed by atoms with Crippen LogP contribution in [0.15, 0.2) is 47.4 Å². The van der Waals surface area contributed by atoms with Crippen LogP contribution in [0.25, 0.3) is 10.2 Å². The van der Waals surface area contributed by atoms with E-state index in [1.165, 1.54) is 23.1 Å². The molecule has 3 aromatic carbocycles. The molecule has 0 fully saturated rings. The first kappa shape index (κ1) is 29.3. The fraction of sp³-hybridized carbons (Fsp3) is 0.120. The van der Waals surface area contributed by atoms with Gasteiger partial charge in [-0.15, -0.1) is 11.8 Å². The maximum absolute atomic E-state index is 12.9. The van der Waals surface area contributed by atoms with Gasteiger partial charge >= 0.3 is 5.97 Å². The van der Waals surface area contributed by atoms with Crippen molar-refractivity contribution < 1.29 is 24.2 Å². The van der Waals surface area contributed by atoms with Crippen molar-refractivity contribution in [1.29, 1.82) is 0 Å². The number of hydrogen-bond acceptors (Lipinski definition) is 7. The first-order valence-corrected chi connectivity index (χ1v) is 14.4. The predicted molar refractivity (Wildman–Crippen MR) is 158 cm³/mol. The van der Waals surface area contributed by atoms with Crippen molar-refractivity contribution in [3.63, 3.8) is 0 Å². The molecule has 0 unspecified atom stereocenters. The zero-order valence-corrected chi connectivity index (χ0v) is 24.5. The Hall–Kier alpha value is -2.73. The second-order valence-corrected chi connectivity index (χ2v) is 11.3. The van der Waals surface area contributed by atoms with Crippen LogP contribution < -0.4 is 15.4 Å². The third kappa shape index (κ3) is 6.71. The Morgan fingerprint density at radius 2 is 1.62 bits per heavy atom. The molecular formula is C25H17Cl4N3O5S2. The molecule has 8 nitrogen and oxygen atoms in total. The molecule has 1 aromatic heterocycles. The Balaban J connectivity index is 1.38. The zero-order valence-electron chi connectivity index (χ0n) is 19.8. The van der Waals surface area contributed by atoms with Crippen molar-refractivity contribution in [2.24, 2.45) is 0 Å². The van der Waals surface area contributed by atoms with Gasteiger partial charge in [0.05, 0.1) is 53.8 Å². The highest BCUT2D eigenvalue weighted by molar-refractivity contribution is 8.00. The summed E-state index contributed by atoms with van der Waals surface area (Å²) >= 11 is 26.7. The van der Waals surface area contributed by atoms with Crippen molar-refractivity contribution in [3.05, 3.63) is 73.7 Å². The van der Waals surface area contributed by atoms with E-state index in [4.69, 9.17) is 51.1 Å². The van der Waals surface area contributed by atoms with E-state index in [0.717, 1.165) is 20.9 Å². The molecule has 0 radical (unpaired) electrons. The normalized spacial score (nSPS) is 10.9. The topological polar surface area (TPSA) is 118 Å². The summed E-state index contributed by atoms with van der Waals surface area (Å²) in [5, 5.41) is 14.2. The van der Waals surface area contributed by atoms with Gasteiger partial charge in [0.1, 0.15) is 5.75 Å². The Morgan fingerprint density at radius 3 is 2.26 bits per heavy atom. The van der Waals surface area contributed by atoms with Gasteiger partial charge in [0.25, 0.3) is 5.91 Å². The van der Waals surface area contributed by atoms with Crippen LogP contribution in [0.3, 0.4) is 0 Å². The van der Waals surface area contributed by atoms with E-state index in [1.807, 2.05) is 25.1 Å². The molecule has 0 spiro atoms. The van der Waals surface area contributed by atoms with Crippen molar-refractivity contribution in [3.8, 4) is 5.75 Å². The average molecular weight is 645 g/mol. The lowest BCUT2D eigenvalue weighted by atomic mass is 10.1. The third-order valence-corrected chi connectivity index (χ3v) is 8.86. The standard InChI is InChI=1S/C25H17Cl4N3O5S2/c1-2-37-12-5-8-14-15(9-12)39-25(31-14)32-16(33)10-38-13-6-3-11(4-7-13)30-23(34)17-18(24(35)36)20(27)22(29)21(28)19(17)26/h3-9H,2,10H2,1H3,(H,30,34)(H,35,36)(H,31,32,33). The summed E-state index contributed by atoms with van der Waals surface area (Å²) in [6.07, 6.45) is 0. The second kappa shape index (κ2) is 12.6. The van der Waals surface area contributed by atoms with Crippen LogP contribution in [0, 0.1) is 0 Å². The maximum Gasteiger partial charge on any atom is 0.338 e. The minimum absolute atomic E-state index is 0.130. The number of halogens is 4. The molecule has 39 heavy (non-hydrogen) atoms. The number of fused-ring (bicyclic) bond motifs is 1. The lowest BCUT2D eigenvalue weighted by Gasteiger charge is -2.14. The highest BCUT2D eigenvalue weighted by atomic mass is 35.5. The first-order valence-electron chi connectivity index (χ1n) is 11.1. The predicted octanol–water partition coefficient (Wildman–Crippen LogP) is 7.99. The van der Waals surface area contributed by atoms with E-state index < -0.39 is 28.0 Å². The van der Waals surface area contributed by atoms with E-state index in [2.05, 4.69) is 15.6 Å². The SMILES string of the molecule is CCOc1ccc2nc(NC(=O)CSc3ccc(NC(=O)c4c(Cl)c(Cl)c(Cl)c(Cl)c4C(=O)O)cc3)sc2c1. The number of aromatic nitrogens is 1. The molecule has 0 bridgehead atoms. The number of carboxylic acids is 1. The van der Waals surface area contributed by atoms with Gasteiger partial charge in [-0.3, -0.25) is 9.59 Å². The molecular weight excluding hydrogens is 628 g/mol. The number of carboxylic acid groups (broad SMARTS) is 1. The number of thiazole rings is 1. The molecule has 0 saturated heterocycles. The van der Waals surface area contributed by atoms with Gasteiger partial charge in [-0.05, 0) is 49.4 Å². The number of hydrogen-bond donors (Lipinski definition) is 3. The van der Waals surface area contributed by atoms with E-state index in [-0.39, 0.29) is 26.7 Å². The van der Waals surface area contributed by atoms with Crippen molar-refractivity contribution in [1.82, 2.24) is 4.98 Å². The van der Waals surface area contributed by atoms with Crippen molar-refractivity contribution in [2.75, 3.05) is 23.0 Å². The van der Waals surface area contributed by atoms with Crippen LogP contribution in [0.5, 0.6) is 5.75 Å². The monoisotopic (exact) mass is 643 g/mol. The molecule has 0 aliphatic carbocycles. The van der Waals surface area contributed by atoms with E-state index >= 15 is 0 Å². The fourth-order valence-corrected chi connectivity index (χ4v) is 6.02. The van der Waals surface area contributed by atoms with Crippen LogP contribution >= 0.6 is 69.5 Å². The molecule has 14 heteroatoms. The van der Waals surface area contributed by atoms with Crippen LogP contribution in [0.1, 0.15) is 27.6 Å². The Morgan fingerprint density at radius 1 is 0.949 bits per heavy atom. The number of carbonyl (C=O) groups is 3. The summed E-state index contributed by atoms with van der Waals surface area (Å²) in [5.74, 6) is -1.68. The molecule has 1 heterocycles. The second-order valence-electron chi connectivity index (χ2n) is 7.71. The number of ether oxygens (including phenoxy) is 1. The molecule has 2 amide bonds. The number of thioether (sulfide) groups is 1. The molecule has 4 aromatic rings. The molecule has 4 rings (SSSR count). The maximum atomic E-state index is 12.9. The Kier molecular flexibility index (Phi) is 9.47. The Labute approximate surface area is 250 Å². The fourth-order valence-electron chi connectivity index (χ4n) is 3.39. The minimum Gasteiger partial charge on any atom is -0.494 e. The first-order chi connectivity index (χ1) is 18.6. The van der Waals surface area contributed by atoms with Crippen LogP contribution in [0.2, 0.25) is 20.1 Å². The number of anilines is 2. The average Bonchev–Trinajstić information content (AvgIpc) is 3.30. The summed E-state index contributed by atoms with van der Waals surface area (Å²) < 4.78 is 6.40. The highest BCUT2D eigenvalue weighted by Gasteiger charge is 2.29. The summed E-state index contributed by atoms with van der Waals surface area (Å²) in [7, 11) is 0. The Bertz CT molecular complexity index is 1600.